The molecule has 0 aliphatic carbocycles. The molecule has 0 radical (unpaired) electrons. The number of fused-ring (bicyclic) bond motifs is 1. The molecule has 0 unspecified atom stereocenters. The number of anilines is 2. The lowest BCUT2D eigenvalue weighted by atomic mass is 10.1. The number of benzene rings is 2. The summed E-state index contributed by atoms with van der Waals surface area (Å²) in [6.45, 7) is 0. The summed E-state index contributed by atoms with van der Waals surface area (Å²) in [5.41, 5.74) is 2.86. The number of carbonyl (C=O) groups excluding carboxylic acids is 1. The summed E-state index contributed by atoms with van der Waals surface area (Å²) in [5.74, 6) is -2.43. The fourth-order valence-electron chi connectivity index (χ4n) is 2.47. The van der Waals surface area contributed by atoms with Crippen molar-refractivity contribution in [2.24, 2.45) is 0 Å². The van der Waals surface area contributed by atoms with Crippen molar-refractivity contribution in [2.45, 2.75) is 12.4 Å². The monoisotopic (exact) mass is 422 g/mol. The van der Waals surface area contributed by atoms with Gasteiger partial charge in [0.25, 0.3) is 5.91 Å². The summed E-state index contributed by atoms with van der Waals surface area (Å²) in [4.78, 5) is 12.2. The van der Waals surface area contributed by atoms with Crippen LogP contribution in [0.4, 0.5) is 42.1 Å². The molecule has 0 bridgehead atoms. The molecular formula is C17H9F7N2OS. The highest BCUT2D eigenvalue weighted by Crippen LogP contribution is 2.39. The minimum atomic E-state index is -4.96. The van der Waals surface area contributed by atoms with Crippen LogP contribution in [0.15, 0.2) is 36.4 Å². The van der Waals surface area contributed by atoms with Gasteiger partial charge in [0.15, 0.2) is 0 Å². The van der Waals surface area contributed by atoms with Crippen molar-refractivity contribution in [3.8, 4) is 0 Å². The third-order valence-corrected chi connectivity index (χ3v) is 4.96. The van der Waals surface area contributed by atoms with E-state index in [2.05, 4.69) is 5.32 Å². The molecule has 0 saturated carbocycles. The minimum absolute atomic E-state index is 0.0903. The summed E-state index contributed by atoms with van der Waals surface area (Å²) in [7, 11) is 0. The average Bonchev–Trinajstić information content (AvgIpc) is 2.91. The quantitative estimate of drug-likeness (QED) is 0.505. The highest BCUT2D eigenvalue weighted by atomic mass is 32.1. The second-order valence-corrected chi connectivity index (χ2v) is 6.75. The number of nitrogens with one attached hydrogen (secondary N) is 1. The van der Waals surface area contributed by atoms with Gasteiger partial charge in [-0.3, -0.25) is 4.79 Å². The number of alkyl halides is 6. The molecule has 3 nitrogen and oxygen atoms in total. The number of thiophene rings is 1. The molecule has 0 fully saturated rings. The number of hydrogen-bond acceptors (Lipinski definition) is 3. The SMILES string of the molecule is Nc1c(C(=O)Nc2ccc(F)c(C(F)(F)F)c2)sc2cc(C(F)(F)F)ccc12. The van der Waals surface area contributed by atoms with Gasteiger partial charge >= 0.3 is 12.4 Å². The smallest absolute Gasteiger partial charge is 0.397 e. The number of rotatable bonds is 2. The zero-order valence-electron chi connectivity index (χ0n) is 13.5. The lowest BCUT2D eigenvalue weighted by Gasteiger charge is -2.10. The fourth-order valence-corrected chi connectivity index (χ4v) is 3.53. The van der Waals surface area contributed by atoms with Crippen molar-refractivity contribution in [3.05, 3.63) is 58.2 Å². The first-order chi connectivity index (χ1) is 12.9. The fraction of sp³-hybridized carbons (Fsp3) is 0.118. The summed E-state index contributed by atoms with van der Waals surface area (Å²) in [6.07, 6.45) is -9.55. The molecular weight excluding hydrogens is 413 g/mol. The van der Waals surface area contributed by atoms with Crippen LogP contribution < -0.4 is 11.1 Å². The topological polar surface area (TPSA) is 55.1 Å². The van der Waals surface area contributed by atoms with Crippen molar-refractivity contribution < 1.29 is 35.5 Å². The molecule has 2 aromatic carbocycles. The zero-order chi connectivity index (χ0) is 20.9. The Morgan fingerprint density at radius 1 is 0.964 bits per heavy atom. The molecule has 0 atom stereocenters. The first kappa shape index (κ1) is 19.9. The van der Waals surface area contributed by atoms with Gasteiger partial charge in [-0.15, -0.1) is 11.3 Å². The number of carbonyl (C=O) groups is 1. The molecule has 3 aromatic rings. The van der Waals surface area contributed by atoms with Crippen LogP contribution in [0.25, 0.3) is 10.1 Å². The van der Waals surface area contributed by atoms with Gasteiger partial charge in [0.1, 0.15) is 10.7 Å². The number of amides is 1. The van der Waals surface area contributed by atoms with Gasteiger partial charge in [0, 0.05) is 15.8 Å². The first-order valence-electron chi connectivity index (χ1n) is 7.45. The van der Waals surface area contributed by atoms with E-state index in [4.69, 9.17) is 5.73 Å². The highest BCUT2D eigenvalue weighted by molar-refractivity contribution is 7.21. The molecule has 1 amide bonds. The van der Waals surface area contributed by atoms with Crippen LogP contribution in [0.2, 0.25) is 0 Å². The molecule has 3 rings (SSSR count). The molecule has 0 spiro atoms. The maximum atomic E-state index is 13.3. The number of nitrogen functional groups attached to an aromatic ring is 1. The second kappa shape index (κ2) is 6.66. The second-order valence-electron chi connectivity index (χ2n) is 5.70. The van der Waals surface area contributed by atoms with Crippen LogP contribution in [-0.2, 0) is 12.4 Å². The van der Waals surface area contributed by atoms with E-state index in [1.54, 1.807) is 0 Å². The van der Waals surface area contributed by atoms with Crippen LogP contribution in [0.5, 0.6) is 0 Å². The summed E-state index contributed by atoms with van der Waals surface area (Å²) in [6, 6.07) is 4.63. The van der Waals surface area contributed by atoms with Gasteiger partial charge in [-0.1, -0.05) is 6.07 Å². The Morgan fingerprint density at radius 2 is 1.64 bits per heavy atom. The summed E-state index contributed by atoms with van der Waals surface area (Å²) >= 11 is 0.661. The van der Waals surface area contributed by atoms with E-state index in [0.717, 1.165) is 24.3 Å². The number of hydrogen-bond donors (Lipinski definition) is 2. The zero-order valence-corrected chi connectivity index (χ0v) is 14.3. The Morgan fingerprint density at radius 3 is 2.25 bits per heavy atom. The maximum Gasteiger partial charge on any atom is 0.419 e. The Balaban J connectivity index is 1.95. The van der Waals surface area contributed by atoms with Gasteiger partial charge < -0.3 is 11.1 Å². The Bertz CT molecular complexity index is 1070. The van der Waals surface area contributed by atoms with Crippen LogP contribution in [0.3, 0.4) is 0 Å². The van der Waals surface area contributed by atoms with Gasteiger partial charge in [-0.2, -0.15) is 26.3 Å². The van der Waals surface area contributed by atoms with Crippen molar-refractivity contribution in [1.29, 1.82) is 0 Å². The summed E-state index contributed by atoms with van der Waals surface area (Å²) in [5, 5.41) is 2.35. The van der Waals surface area contributed by atoms with E-state index in [-0.39, 0.29) is 26.3 Å². The van der Waals surface area contributed by atoms with Crippen molar-refractivity contribution >= 4 is 38.7 Å². The standard InChI is InChI=1S/C17H9F7N2OS/c18-11-4-2-8(6-10(11)17(22,23)24)26-15(27)14-13(25)9-3-1-7(16(19,20)21)5-12(9)28-14/h1-6H,25H2,(H,26,27). The van der Waals surface area contributed by atoms with E-state index >= 15 is 0 Å². The molecule has 1 heterocycles. The van der Waals surface area contributed by atoms with Crippen molar-refractivity contribution in [2.75, 3.05) is 11.1 Å². The van der Waals surface area contributed by atoms with E-state index in [0.29, 0.717) is 23.5 Å². The van der Waals surface area contributed by atoms with Gasteiger partial charge in [-0.25, -0.2) is 4.39 Å². The van der Waals surface area contributed by atoms with Crippen molar-refractivity contribution in [1.82, 2.24) is 0 Å². The molecule has 148 valence electrons. The lowest BCUT2D eigenvalue weighted by Crippen LogP contribution is -2.14. The Labute approximate surface area is 156 Å². The Kier molecular flexibility index (Phi) is 4.74. The Hall–Kier alpha value is -2.82. The third-order valence-electron chi connectivity index (χ3n) is 3.79. The normalized spacial score (nSPS) is 12.4. The molecule has 0 aliphatic rings. The highest BCUT2D eigenvalue weighted by Gasteiger charge is 2.34. The number of nitrogens with two attached hydrogens (primary N) is 1. The molecule has 3 N–H and O–H groups in total. The number of halogens is 7. The molecule has 28 heavy (non-hydrogen) atoms. The van der Waals surface area contributed by atoms with Crippen LogP contribution >= 0.6 is 11.3 Å². The van der Waals surface area contributed by atoms with Crippen LogP contribution in [0, 0.1) is 5.82 Å². The first-order valence-corrected chi connectivity index (χ1v) is 8.27. The summed E-state index contributed by atoms with van der Waals surface area (Å²) < 4.78 is 90.1. The molecule has 0 aliphatic heterocycles. The predicted octanol–water partition coefficient (Wildman–Crippen LogP) is 5.91. The lowest BCUT2D eigenvalue weighted by molar-refractivity contribution is -0.140. The van der Waals surface area contributed by atoms with Gasteiger partial charge in [0.2, 0.25) is 0 Å². The van der Waals surface area contributed by atoms with Gasteiger partial charge in [0.05, 0.1) is 16.8 Å². The van der Waals surface area contributed by atoms with Crippen LogP contribution in [0.1, 0.15) is 20.8 Å². The van der Waals surface area contributed by atoms with Gasteiger partial charge in [-0.05, 0) is 30.3 Å². The van der Waals surface area contributed by atoms with Crippen molar-refractivity contribution in [3.63, 3.8) is 0 Å². The average molecular weight is 422 g/mol. The third kappa shape index (κ3) is 3.75. The predicted molar refractivity (Wildman–Crippen MR) is 90.6 cm³/mol. The van der Waals surface area contributed by atoms with E-state index in [1.165, 1.54) is 0 Å². The minimum Gasteiger partial charge on any atom is -0.397 e. The molecule has 11 heteroatoms. The largest absolute Gasteiger partial charge is 0.419 e. The van der Waals surface area contributed by atoms with E-state index in [9.17, 15) is 35.5 Å². The van der Waals surface area contributed by atoms with E-state index < -0.39 is 35.2 Å². The molecule has 0 saturated heterocycles. The van der Waals surface area contributed by atoms with E-state index in [1.807, 2.05) is 0 Å². The molecule has 1 aromatic heterocycles. The maximum absolute atomic E-state index is 13.3. The van der Waals surface area contributed by atoms with Crippen LogP contribution in [-0.4, -0.2) is 5.91 Å².